The van der Waals surface area contributed by atoms with Gasteiger partial charge in [0.2, 0.25) is 0 Å². The Kier molecular flexibility index (Phi) is 5.41. The van der Waals surface area contributed by atoms with Crippen molar-refractivity contribution in [2.24, 2.45) is 0 Å². The summed E-state index contributed by atoms with van der Waals surface area (Å²) in [7, 11) is 1.53. The first kappa shape index (κ1) is 20.2. The third-order valence-electron chi connectivity index (χ3n) is 4.88. The smallest absolute Gasteiger partial charge is 0.266 e. The number of hydrogen-bond acceptors (Lipinski definition) is 5. The highest BCUT2D eigenvalue weighted by atomic mass is 16.5. The molecule has 0 unspecified atom stereocenters. The fourth-order valence-corrected chi connectivity index (χ4v) is 3.44. The van der Waals surface area contributed by atoms with Gasteiger partial charge in [0.05, 0.1) is 30.5 Å². The Labute approximate surface area is 179 Å². The zero-order valence-electron chi connectivity index (χ0n) is 17.0. The Morgan fingerprint density at radius 2 is 1.61 bits per heavy atom. The van der Waals surface area contributed by atoms with Gasteiger partial charge in [-0.3, -0.25) is 14.4 Å². The lowest BCUT2D eigenvalue weighted by Gasteiger charge is -2.15. The monoisotopic (exact) mass is 416 g/mol. The molecule has 4 rings (SSSR count). The van der Waals surface area contributed by atoms with Gasteiger partial charge in [-0.2, -0.15) is 0 Å². The number of methoxy groups -OCH3 is 1. The lowest BCUT2D eigenvalue weighted by atomic mass is 10.1. The number of rotatable bonds is 6. The van der Waals surface area contributed by atoms with Gasteiger partial charge in [-0.1, -0.05) is 18.2 Å². The van der Waals surface area contributed by atoms with Gasteiger partial charge < -0.3 is 14.8 Å². The SMILES string of the molecule is CCOc1cc(C(=O)Nc2cccc(N3C(=O)c4ccccc4C3=O)c2)ccc1OC. The average Bonchev–Trinajstić information content (AvgIpc) is 3.04. The van der Waals surface area contributed by atoms with Crippen molar-refractivity contribution in [3.8, 4) is 11.5 Å². The third-order valence-corrected chi connectivity index (χ3v) is 4.88. The second-order valence-corrected chi connectivity index (χ2v) is 6.79. The standard InChI is InChI=1S/C24H20N2O5/c1-3-31-21-13-15(11-12-20(21)30-2)22(27)25-16-7-6-8-17(14-16)26-23(28)18-9-4-5-10-19(18)24(26)29/h4-14H,3H2,1-2H3,(H,25,27). The van der Waals surface area contributed by atoms with Gasteiger partial charge in [0.15, 0.2) is 11.5 Å². The highest BCUT2D eigenvalue weighted by molar-refractivity contribution is 6.34. The highest BCUT2D eigenvalue weighted by Crippen LogP contribution is 2.31. The summed E-state index contributed by atoms with van der Waals surface area (Å²) in [6, 6.07) is 18.2. The van der Waals surface area contributed by atoms with Crippen molar-refractivity contribution >= 4 is 29.1 Å². The molecular weight excluding hydrogens is 396 g/mol. The van der Waals surface area contributed by atoms with Crippen LogP contribution < -0.4 is 19.7 Å². The number of fused-ring (bicyclic) bond motifs is 1. The molecule has 1 heterocycles. The molecule has 0 fully saturated rings. The number of ether oxygens (including phenoxy) is 2. The van der Waals surface area contributed by atoms with Gasteiger partial charge in [-0.25, -0.2) is 4.90 Å². The molecule has 156 valence electrons. The van der Waals surface area contributed by atoms with Crippen LogP contribution in [-0.2, 0) is 0 Å². The van der Waals surface area contributed by atoms with Crippen molar-refractivity contribution in [2.45, 2.75) is 6.92 Å². The minimum atomic E-state index is -0.388. The van der Waals surface area contributed by atoms with Crippen LogP contribution >= 0.6 is 0 Å². The van der Waals surface area contributed by atoms with E-state index >= 15 is 0 Å². The average molecular weight is 416 g/mol. The first-order valence-electron chi connectivity index (χ1n) is 9.73. The fourth-order valence-electron chi connectivity index (χ4n) is 3.44. The number of anilines is 2. The number of imide groups is 1. The van der Waals surface area contributed by atoms with E-state index in [4.69, 9.17) is 9.47 Å². The van der Waals surface area contributed by atoms with Crippen LogP contribution in [0.3, 0.4) is 0 Å². The van der Waals surface area contributed by atoms with Gasteiger partial charge in [-0.05, 0) is 55.5 Å². The summed E-state index contributed by atoms with van der Waals surface area (Å²) in [4.78, 5) is 39.3. The molecule has 7 nitrogen and oxygen atoms in total. The molecule has 3 aromatic rings. The van der Waals surface area contributed by atoms with Crippen molar-refractivity contribution in [1.82, 2.24) is 0 Å². The molecule has 3 aromatic carbocycles. The van der Waals surface area contributed by atoms with Gasteiger partial charge in [-0.15, -0.1) is 0 Å². The van der Waals surface area contributed by atoms with Crippen molar-refractivity contribution in [2.75, 3.05) is 23.9 Å². The topological polar surface area (TPSA) is 84.9 Å². The normalized spacial score (nSPS) is 12.5. The Morgan fingerprint density at radius 1 is 0.903 bits per heavy atom. The van der Waals surface area contributed by atoms with E-state index in [-0.39, 0.29) is 17.7 Å². The molecule has 0 aromatic heterocycles. The maximum absolute atomic E-state index is 12.8. The van der Waals surface area contributed by atoms with Crippen LogP contribution in [-0.4, -0.2) is 31.4 Å². The molecule has 7 heteroatoms. The lowest BCUT2D eigenvalue weighted by Crippen LogP contribution is -2.29. The summed E-state index contributed by atoms with van der Waals surface area (Å²) in [5.41, 5.74) is 1.95. The molecule has 0 atom stereocenters. The molecule has 0 saturated carbocycles. The molecule has 3 amide bonds. The predicted octanol–water partition coefficient (Wildman–Crippen LogP) is 4.15. The minimum absolute atomic E-state index is 0.358. The second kappa shape index (κ2) is 8.31. The van der Waals surface area contributed by atoms with Crippen LogP contribution in [0.2, 0.25) is 0 Å². The van der Waals surface area contributed by atoms with Crippen LogP contribution in [0.15, 0.2) is 66.7 Å². The number of carbonyl (C=O) groups excluding carboxylic acids is 3. The number of carbonyl (C=O) groups is 3. The predicted molar refractivity (Wildman–Crippen MR) is 116 cm³/mol. The molecule has 31 heavy (non-hydrogen) atoms. The second-order valence-electron chi connectivity index (χ2n) is 6.79. The number of benzene rings is 3. The van der Waals surface area contributed by atoms with Crippen LogP contribution in [0.25, 0.3) is 0 Å². The minimum Gasteiger partial charge on any atom is -0.493 e. The van der Waals surface area contributed by atoms with Crippen molar-refractivity contribution in [3.05, 3.63) is 83.4 Å². The summed E-state index contributed by atoms with van der Waals surface area (Å²) in [5, 5.41) is 2.80. The summed E-state index contributed by atoms with van der Waals surface area (Å²) >= 11 is 0. The van der Waals surface area contributed by atoms with Crippen molar-refractivity contribution in [3.63, 3.8) is 0 Å². The van der Waals surface area contributed by atoms with E-state index in [1.165, 1.54) is 7.11 Å². The largest absolute Gasteiger partial charge is 0.493 e. The van der Waals surface area contributed by atoms with Gasteiger partial charge in [0, 0.05) is 11.3 Å². The molecule has 1 aliphatic heterocycles. The Bertz CT molecular complexity index is 1150. The summed E-state index contributed by atoms with van der Waals surface area (Å²) in [6.07, 6.45) is 0. The summed E-state index contributed by atoms with van der Waals surface area (Å²) in [5.74, 6) is -0.132. The van der Waals surface area contributed by atoms with Gasteiger partial charge in [0.25, 0.3) is 17.7 Å². The quantitative estimate of drug-likeness (QED) is 0.611. The Hall–Kier alpha value is -4.13. The summed E-state index contributed by atoms with van der Waals surface area (Å²) < 4.78 is 10.8. The van der Waals surface area contributed by atoms with Crippen LogP contribution in [0.1, 0.15) is 38.0 Å². The number of hydrogen-bond donors (Lipinski definition) is 1. The molecular formula is C24H20N2O5. The van der Waals surface area contributed by atoms with Gasteiger partial charge >= 0.3 is 0 Å². The molecule has 1 N–H and O–H groups in total. The van der Waals surface area contributed by atoms with E-state index < -0.39 is 0 Å². The fraction of sp³-hybridized carbons (Fsp3) is 0.125. The van der Waals surface area contributed by atoms with Crippen molar-refractivity contribution in [1.29, 1.82) is 0 Å². The molecule has 0 spiro atoms. The van der Waals surface area contributed by atoms with E-state index in [0.717, 1.165) is 4.90 Å². The van der Waals surface area contributed by atoms with Crippen LogP contribution in [0, 0.1) is 0 Å². The Balaban J connectivity index is 1.57. The van der Waals surface area contributed by atoms with E-state index in [0.29, 0.717) is 46.2 Å². The third kappa shape index (κ3) is 3.73. The number of nitrogens with one attached hydrogen (secondary N) is 1. The molecule has 0 bridgehead atoms. The highest BCUT2D eigenvalue weighted by Gasteiger charge is 2.36. The molecule has 1 aliphatic rings. The van der Waals surface area contributed by atoms with E-state index in [9.17, 15) is 14.4 Å². The van der Waals surface area contributed by atoms with E-state index in [1.54, 1.807) is 66.7 Å². The number of nitrogens with zero attached hydrogens (tertiary/aromatic N) is 1. The zero-order chi connectivity index (χ0) is 22.0. The molecule has 0 saturated heterocycles. The lowest BCUT2D eigenvalue weighted by molar-refractivity contribution is 0.0925. The van der Waals surface area contributed by atoms with E-state index in [1.807, 2.05) is 6.92 Å². The first-order chi connectivity index (χ1) is 15.0. The number of amides is 3. The zero-order valence-corrected chi connectivity index (χ0v) is 17.0. The maximum Gasteiger partial charge on any atom is 0.266 e. The van der Waals surface area contributed by atoms with Gasteiger partial charge in [0.1, 0.15) is 0 Å². The summed E-state index contributed by atoms with van der Waals surface area (Å²) in [6.45, 7) is 2.28. The van der Waals surface area contributed by atoms with Crippen LogP contribution in [0.4, 0.5) is 11.4 Å². The maximum atomic E-state index is 12.8. The van der Waals surface area contributed by atoms with Crippen LogP contribution in [0.5, 0.6) is 11.5 Å². The van der Waals surface area contributed by atoms with Crippen molar-refractivity contribution < 1.29 is 23.9 Å². The molecule has 0 radical (unpaired) electrons. The molecule has 0 aliphatic carbocycles. The van der Waals surface area contributed by atoms with E-state index in [2.05, 4.69) is 5.32 Å². The first-order valence-corrected chi connectivity index (χ1v) is 9.73. The Morgan fingerprint density at radius 3 is 2.26 bits per heavy atom.